The minimum absolute atomic E-state index is 0.0123. The topological polar surface area (TPSA) is 29.1 Å². The molecular weight excluding hydrogens is 188 g/mol. The highest BCUT2D eigenvalue weighted by Crippen LogP contribution is 2.30. The molecule has 1 amide bonds. The molecule has 1 fully saturated rings. The van der Waals surface area contributed by atoms with Gasteiger partial charge in [0.05, 0.1) is 0 Å². The van der Waals surface area contributed by atoms with Crippen LogP contribution in [0.5, 0.6) is 0 Å². The van der Waals surface area contributed by atoms with E-state index in [-0.39, 0.29) is 30.7 Å². The Balaban J connectivity index is 2.42. The molecule has 1 N–H and O–H groups in total. The second kappa shape index (κ2) is 4.24. The average molecular weight is 205 g/mol. The van der Waals surface area contributed by atoms with E-state index < -0.39 is 5.92 Å². The van der Waals surface area contributed by atoms with Crippen molar-refractivity contribution < 1.29 is 13.6 Å². The van der Waals surface area contributed by atoms with Gasteiger partial charge in [-0.25, -0.2) is 8.78 Å². The lowest BCUT2D eigenvalue weighted by molar-refractivity contribution is -0.119. The number of amides is 1. The number of nitrogens with one attached hydrogen (secondary N) is 1. The third-order valence-electron chi connectivity index (χ3n) is 2.85. The Morgan fingerprint density at radius 1 is 1.64 bits per heavy atom. The molecule has 0 bridgehead atoms. The third-order valence-corrected chi connectivity index (χ3v) is 2.85. The monoisotopic (exact) mass is 205 g/mol. The van der Waals surface area contributed by atoms with E-state index >= 15 is 0 Å². The fraction of sp³-hybridized carbons (Fsp3) is 0.900. The molecule has 14 heavy (non-hydrogen) atoms. The second-order valence-electron chi connectivity index (χ2n) is 4.10. The van der Waals surface area contributed by atoms with Crippen LogP contribution >= 0.6 is 0 Å². The number of carbonyl (C=O) groups is 1. The lowest BCUT2D eigenvalue weighted by Crippen LogP contribution is -2.34. The molecular formula is C10H17F2NO. The van der Waals surface area contributed by atoms with Crippen molar-refractivity contribution in [3.63, 3.8) is 0 Å². The van der Waals surface area contributed by atoms with Crippen LogP contribution in [-0.2, 0) is 4.79 Å². The van der Waals surface area contributed by atoms with Gasteiger partial charge in [-0.05, 0) is 12.3 Å². The molecule has 82 valence electrons. The lowest BCUT2D eigenvalue weighted by atomic mass is 9.93. The first-order valence-corrected chi connectivity index (χ1v) is 5.12. The summed E-state index contributed by atoms with van der Waals surface area (Å²) in [4.78, 5) is 10.9. The van der Waals surface area contributed by atoms with Gasteiger partial charge < -0.3 is 5.32 Å². The number of hydrogen-bond acceptors (Lipinski definition) is 1. The minimum Gasteiger partial charge on any atom is -0.353 e. The highest BCUT2D eigenvalue weighted by Gasteiger charge is 2.34. The van der Waals surface area contributed by atoms with Crippen molar-refractivity contribution >= 4 is 5.91 Å². The molecule has 4 heteroatoms. The van der Waals surface area contributed by atoms with Crippen molar-refractivity contribution in [2.24, 2.45) is 5.92 Å². The highest BCUT2D eigenvalue weighted by atomic mass is 19.3. The van der Waals surface area contributed by atoms with Gasteiger partial charge in [0.15, 0.2) is 0 Å². The van der Waals surface area contributed by atoms with Gasteiger partial charge in [-0.2, -0.15) is 0 Å². The van der Waals surface area contributed by atoms with Crippen LogP contribution in [0, 0.1) is 5.92 Å². The van der Waals surface area contributed by atoms with Crippen LogP contribution in [0.4, 0.5) is 8.78 Å². The van der Waals surface area contributed by atoms with Gasteiger partial charge in [0.1, 0.15) is 0 Å². The normalized spacial score (nSPS) is 24.9. The maximum atomic E-state index is 13.0. The molecule has 2 unspecified atom stereocenters. The zero-order valence-electron chi connectivity index (χ0n) is 8.65. The summed E-state index contributed by atoms with van der Waals surface area (Å²) in [5.74, 6) is -2.75. The number of carbonyl (C=O) groups excluding carboxylic acids is 1. The summed E-state index contributed by atoms with van der Waals surface area (Å²) in [6.07, 6.45) is 0.916. The Labute approximate surface area is 83.1 Å². The molecule has 1 aliphatic heterocycles. The van der Waals surface area contributed by atoms with Gasteiger partial charge in [0, 0.05) is 25.3 Å². The quantitative estimate of drug-likeness (QED) is 0.749. The Kier molecular flexibility index (Phi) is 3.45. The first-order chi connectivity index (χ1) is 6.44. The van der Waals surface area contributed by atoms with E-state index in [1.165, 1.54) is 6.92 Å². The summed E-state index contributed by atoms with van der Waals surface area (Å²) < 4.78 is 26.1. The zero-order chi connectivity index (χ0) is 10.8. The number of alkyl halides is 2. The smallest absolute Gasteiger partial charge is 0.248 e. The van der Waals surface area contributed by atoms with Gasteiger partial charge in [0.25, 0.3) is 0 Å². The standard InChI is InChI=1S/C10H17F2NO/c1-3-10(11,12)6-7(2)8-4-5-9(14)13-8/h7-8H,3-6H2,1-2H3,(H,13,14). The van der Waals surface area contributed by atoms with Crippen LogP contribution in [0.15, 0.2) is 0 Å². The van der Waals surface area contributed by atoms with E-state index in [9.17, 15) is 13.6 Å². The van der Waals surface area contributed by atoms with Gasteiger partial charge in [-0.3, -0.25) is 4.79 Å². The van der Waals surface area contributed by atoms with Crippen molar-refractivity contribution in [2.75, 3.05) is 0 Å². The molecule has 2 nitrogen and oxygen atoms in total. The van der Waals surface area contributed by atoms with Crippen molar-refractivity contribution in [1.29, 1.82) is 0 Å². The maximum absolute atomic E-state index is 13.0. The highest BCUT2D eigenvalue weighted by molar-refractivity contribution is 5.78. The summed E-state index contributed by atoms with van der Waals surface area (Å²) >= 11 is 0. The van der Waals surface area contributed by atoms with Gasteiger partial charge in [-0.15, -0.1) is 0 Å². The van der Waals surface area contributed by atoms with Crippen LogP contribution in [0.3, 0.4) is 0 Å². The summed E-state index contributed by atoms with van der Waals surface area (Å²) in [6.45, 7) is 3.26. The van der Waals surface area contributed by atoms with E-state index in [1.807, 2.05) is 0 Å². The van der Waals surface area contributed by atoms with Crippen LogP contribution in [0.1, 0.15) is 39.5 Å². The Hall–Kier alpha value is -0.670. The Morgan fingerprint density at radius 3 is 2.71 bits per heavy atom. The molecule has 0 aromatic rings. The predicted octanol–water partition coefficient (Wildman–Crippen LogP) is 2.34. The van der Waals surface area contributed by atoms with Crippen molar-refractivity contribution in [1.82, 2.24) is 5.32 Å². The lowest BCUT2D eigenvalue weighted by Gasteiger charge is -2.23. The fourth-order valence-corrected chi connectivity index (χ4v) is 1.82. The molecule has 1 aliphatic rings. The molecule has 1 rings (SSSR count). The maximum Gasteiger partial charge on any atom is 0.248 e. The Bertz CT molecular complexity index is 218. The minimum atomic E-state index is -2.59. The molecule has 0 spiro atoms. The SMILES string of the molecule is CCC(F)(F)CC(C)C1CCC(=O)N1. The largest absolute Gasteiger partial charge is 0.353 e. The molecule has 0 aromatic heterocycles. The van der Waals surface area contributed by atoms with Gasteiger partial charge >= 0.3 is 0 Å². The Morgan fingerprint density at radius 2 is 2.29 bits per heavy atom. The van der Waals surface area contributed by atoms with E-state index in [0.717, 1.165) is 0 Å². The van der Waals surface area contributed by atoms with Crippen LogP contribution in [-0.4, -0.2) is 17.9 Å². The summed E-state index contributed by atoms with van der Waals surface area (Å²) in [5.41, 5.74) is 0. The number of halogens is 2. The van der Waals surface area contributed by atoms with Crippen molar-refractivity contribution in [3.8, 4) is 0 Å². The second-order valence-corrected chi connectivity index (χ2v) is 4.10. The molecule has 0 radical (unpaired) electrons. The molecule has 1 saturated heterocycles. The molecule has 0 saturated carbocycles. The molecule has 0 aliphatic carbocycles. The van der Waals surface area contributed by atoms with Crippen molar-refractivity contribution in [2.45, 2.75) is 51.5 Å². The first-order valence-electron chi connectivity index (χ1n) is 5.12. The van der Waals surface area contributed by atoms with E-state index in [4.69, 9.17) is 0 Å². The summed E-state index contributed by atoms with van der Waals surface area (Å²) in [6, 6.07) is -0.0556. The van der Waals surface area contributed by atoms with Crippen LogP contribution in [0.2, 0.25) is 0 Å². The predicted molar refractivity (Wildman–Crippen MR) is 50.2 cm³/mol. The average Bonchev–Trinajstić information content (AvgIpc) is 2.51. The van der Waals surface area contributed by atoms with E-state index in [1.54, 1.807) is 6.92 Å². The molecule has 0 aromatic carbocycles. The first kappa shape index (κ1) is 11.4. The third kappa shape index (κ3) is 2.93. The number of rotatable bonds is 4. The zero-order valence-corrected chi connectivity index (χ0v) is 8.65. The van der Waals surface area contributed by atoms with Crippen LogP contribution in [0.25, 0.3) is 0 Å². The van der Waals surface area contributed by atoms with E-state index in [2.05, 4.69) is 5.32 Å². The summed E-state index contributed by atoms with van der Waals surface area (Å²) in [7, 11) is 0. The molecule has 2 atom stereocenters. The fourth-order valence-electron chi connectivity index (χ4n) is 1.82. The van der Waals surface area contributed by atoms with Gasteiger partial charge in [0.2, 0.25) is 11.8 Å². The number of hydrogen-bond donors (Lipinski definition) is 1. The molecule has 1 heterocycles. The van der Waals surface area contributed by atoms with Gasteiger partial charge in [-0.1, -0.05) is 13.8 Å². The summed E-state index contributed by atoms with van der Waals surface area (Å²) in [5, 5.41) is 2.73. The van der Waals surface area contributed by atoms with E-state index in [0.29, 0.717) is 12.8 Å². The van der Waals surface area contributed by atoms with Crippen LogP contribution < -0.4 is 5.32 Å². The van der Waals surface area contributed by atoms with Crippen molar-refractivity contribution in [3.05, 3.63) is 0 Å².